The van der Waals surface area contributed by atoms with Crippen LogP contribution in [-0.2, 0) is 6.42 Å². The van der Waals surface area contributed by atoms with Gasteiger partial charge in [-0.15, -0.1) is 21.5 Å². The van der Waals surface area contributed by atoms with E-state index in [1.807, 2.05) is 6.92 Å². The van der Waals surface area contributed by atoms with Crippen LogP contribution < -0.4 is 5.32 Å². The molecular weight excluding hydrogens is 302 g/mol. The number of hydrogen-bond acceptors (Lipinski definition) is 5. The fraction of sp³-hybridized carbons (Fsp3) is 0.167. The number of aryl methyl sites for hydroxylation is 1. The molecule has 0 bridgehead atoms. The summed E-state index contributed by atoms with van der Waals surface area (Å²) in [7, 11) is 0. The Morgan fingerprint density at radius 3 is 2.70 bits per heavy atom. The van der Waals surface area contributed by atoms with Crippen LogP contribution in [0.25, 0.3) is 0 Å². The van der Waals surface area contributed by atoms with E-state index in [0.29, 0.717) is 6.42 Å². The molecule has 0 aliphatic rings. The highest BCUT2D eigenvalue weighted by Crippen LogP contribution is 2.29. The Hall–Kier alpha value is -1.99. The predicted octanol–water partition coefficient (Wildman–Crippen LogP) is 2.70. The van der Waals surface area contributed by atoms with Crippen molar-refractivity contribution in [3.05, 3.63) is 39.5 Å². The topological polar surface area (TPSA) is 92.2 Å². The van der Waals surface area contributed by atoms with Gasteiger partial charge in [-0.2, -0.15) is 0 Å². The van der Waals surface area contributed by atoms with E-state index in [0.717, 1.165) is 4.88 Å². The summed E-state index contributed by atoms with van der Waals surface area (Å²) in [4.78, 5) is 24.0. The molecule has 2 aromatic heterocycles. The molecule has 6 nitrogen and oxygen atoms in total. The molecule has 2 N–H and O–H groups in total. The SMILES string of the molecule is CCc1cc(C(=O)O)c(NC(=O)c2ccc(Cl)nn2)s1. The van der Waals surface area contributed by atoms with E-state index in [-0.39, 0.29) is 21.4 Å². The summed E-state index contributed by atoms with van der Waals surface area (Å²) in [5.74, 6) is -1.61. The number of halogens is 1. The van der Waals surface area contributed by atoms with Gasteiger partial charge in [-0.05, 0) is 24.6 Å². The van der Waals surface area contributed by atoms with Crippen molar-refractivity contribution in [2.75, 3.05) is 5.32 Å². The van der Waals surface area contributed by atoms with Gasteiger partial charge < -0.3 is 10.4 Å². The Balaban J connectivity index is 2.25. The molecule has 0 saturated carbocycles. The normalized spacial score (nSPS) is 10.3. The number of carboxylic acid groups (broad SMARTS) is 1. The summed E-state index contributed by atoms with van der Waals surface area (Å²) in [6.45, 7) is 1.91. The number of carbonyl (C=O) groups is 2. The van der Waals surface area contributed by atoms with Crippen LogP contribution in [0.3, 0.4) is 0 Å². The molecule has 1 amide bonds. The minimum atomic E-state index is -1.08. The number of aromatic nitrogens is 2. The van der Waals surface area contributed by atoms with Gasteiger partial charge in [0.15, 0.2) is 10.8 Å². The van der Waals surface area contributed by atoms with Gasteiger partial charge in [-0.25, -0.2) is 4.79 Å². The Labute approximate surface area is 123 Å². The van der Waals surface area contributed by atoms with Crippen LogP contribution in [-0.4, -0.2) is 27.2 Å². The molecule has 0 atom stereocenters. The number of anilines is 1. The first-order valence-corrected chi connectivity index (χ1v) is 6.87. The molecule has 0 saturated heterocycles. The van der Waals surface area contributed by atoms with Gasteiger partial charge in [0, 0.05) is 4.88 Å². The van der Waals surface area contributed by atoms with E-state index < -0.39 is 11.9 Å². The van der Waals surface area contributed by atoms with Gasteiger partial charge in [-0.3, -0.25) is 4.79 Å². The van der Waals surface area contributed by atoms with E-state index in [1.165, 1.54) is 23.5 Å². The first kappa shape index (κ1) is 14.4. The van der Waals surface area contributed by atoms with Gasteiger partial charge in [0.05, 0.1) is 5.56 Å². The zero-order chi connectivity index (χ0) is 14.7. The molecule has 0 aliphatic heterocycles. The van der Waals surface area contributed by atoms with E-state index in [2.05, 4.69) is 15.5 Å². The number of hydrogen-bond donors (Lipinski definition) is 2. The van der Waals surface area contributed by atoms with Gasteiger partial charge in [0.1, 0.15) is 5.00 Å². The fourth-order valence-electron chi connectivity index (χ4n) is 1.47. The monoisotopic (exact) mass is 311 g/mol. The molecule has 2 heterocycles. The minimum Gasteiger partial charge on any atom is -0.478 e. The first-order chi connectivity index (χ1) is 9.51. The molecule has 0 fully saturated rings. The third-order valence-electron chi connectivity index (χ3n) is 2.45. The molecule has 8 heteroatoms. The molecule has 0 aliphatic carbocycles. The number of nitrogens with one attached hydrogen (secondary N) is 1. The highest BCUT2D eigenvalue weighted by atomic mass is 35.5. The van der Waals surface area contributed by atoms with Crippen molar-refractivity contribution in [1.29, 1.82) is 0 Å². The number of carboxylic acids is 1. The molecule has 0 radical (unpaired) electrons. The number of carbonyl (C=O) groups excluding carboxylic acids is 1. The number of nitrogens with zero attached hydrogens (tertiary/aromatic N) is 2. The largest absolute Gasteiger partial charge is 0.478 e. The van der Waals surface area contributed by atoms with E-state index in [4.69, 9.17) is 16.7 Å². The van der Waals surface area contributed by atoms with Crippen molar-refractivity contribution in [2.45, 2.75) is 13.3 Å². The third kappa shape index (κ3) is 3.12. The Morgan fingerprint density at radius 2 is 2.15 bits per heavy atom. The second-order valence-corrected chi connectivity index (χ2v) is 5.33. The van der Waals surface area contributed by atoms with Crippen molar-refractivity contribution in [1.82, 2.24) is 10.2 Å². The molecule has 2 rings (SSSR count). The van der Waals surface area contributed by atoms with Crippen molar-refractivity contribution in [2.24, 2.45) is 0 Å². The van der Waals surface area contributed by atoms with E-state index >= 15 is 0 Å². The summed E-state index contributed by atoms with van der Waals surface area (Å²) in [5.41, 5.74) is 0.138. The zero-order valence-corrected chi connectivity index (χ0v) is 12.0. The van der Waals surface area contributed by atoms with E-state index in [9.17, 15) is 9.59 Å². The van der Waals surface area contributed by atoms with Crippen LogP contribution in [0.15, 0.2) is 18.2 Å². The Morgan fingerprint density at radius 1 is 1.40 bits per heavy atom. The second-order valence-electron chi connectivity index (χ2n) is 3.81. The smallest absolute Gasteiger partial charge is 0.338 e. The van der Waals surface area contributed by atoms with Crippen LogP contribution in [0, 0.1) is 0 Å². The predicted molar refractivity (Wildman–Crippen MR) is 75.7 cm³/mol. The summed E-state index contributed by atoms with van der Waals surface area (Å²) in [6, 6.07) is 4.41. The average Bonchev–Trinajstić information content (AvgIpc) is 2.82. The molecule has 20 heavy (non-hydrogen) atoms. The third-order valence-corrected chi connectivity index (χ3v) is 3.85. The van der Waals surface area contributed by atoms with Crippen LogP contribution in [0.4, 0.5) is 5.00 Å². The molecule has 0 unspecified atom stereocenters. The fourth-order valence-corrected chi connectivity index (χ4v) is 2.56. The summed E-state index contributed by atoms with van der Waals surface area (Å²) < 4.78 is 0. The lowest BCUT2D eigenvalue weighted by Gasteiger charge is -2.02. The Kier molecular flexibility index (Phi) is 4.31. The number of rotatable bonds is 4. The van der Waals surface area contributed by atoms with Crippen molar-refractivity contribution < 1.29 is 14.7 Å². The maximum Gasteiger partial charge on any atom is 0.338 e. The maximum absolute atomic E-state index is 12.0. The lowest BCUT2D eigenvalue weighted by atomic mass is 10.2. The molecule has 0 spiro atoms. The molecule has 0 aromatic carbocycles. The number of aromatic carboxylic acids is 1. The number of amides is 1. The maximum atomic E-state index is 12.0. The number of thiophene rings is 1. The van der Waals surface area contributed by atoms with Gasteiger partial charge in [0.25, 0.3) is 5.91 Å². The molecule has 104 valence electrons. The van der Waals surface area contributed by atoms with Crippen LogP contribution in [0.2, 0.25) is 5.15 Å². The van der Waals surface area contributed by atoms with E-state index in [1.54, 1.807) is 6.07 Å². The van der Waals surface area contributed by atoms with Gasteiger partial charge in [0.2, 0.25) is 0 Å². The van der Waals surface area contributed by atoms with Gasteiger partial charge >= 0.3 is 5.97 Å². The highest BCUT2D eigenvalue weighted by molar-refractivity contribution is 7.16. The minimum absolute atomic E-state index is 0.0668. The highest BCUT2D eigenvalue weighted by Gasteiger charge is 2.18. The summed E-state index contributed by atoms with van der Waals surface area (Å²) in [6.07, 6.45) is 0.696. The lowest BCUT2D eigenvalue weighted by molar-refractivity contribution is 0.0698. The quantitative estimate of drug-likeness (QED) is 0.905. The zero-order valence-electron chi connectivity index (χ0n) is 10.4. The van der Waals surface area contributed by atoms with Crippen LogP contribution in [0.5, 0.6) is 0 Å². The molecular formula is C12H10ClN3O3S. The summed E-state index contributed by atoms with van der Waals surface area (Å²) in [5, 5.41) is 19.3. The van der Waals surface area contributed by atoms with Crippen LogP contribution in [0.1, 0.15) is 32.6 Å². The average molecular weight is 312 g/mol. The van der Waals surface area contributed by atoms with Crippen molar-refractivity contribution in [3.63, 3.8) is 0 Å². The van der Waals surface area contributed by atoms with Crippen molar-refractivity contribution in [3.8, 4) is 0 Å². The Bertz CT molecular complexity index is 654. The van der Waals surface area contributed by atoms with Crippen LogP contribution >= 0.6 is 22.9 Å². The standard InChI is InChI=1S/C12H10ClN3O3S/c1-2-6-5-7(12(18)19)11(20-6)14-10(17)8-3-4-9(13)16-15-8/h3-5H,2H2,1H3,(H,14,17)(H,18,19). The summed E-state index contributed by atoms with van der Waals surface area (Å²) >= 11 is 6.81. The second kappa shape index (κ2) is 5.98. The lowest BCUT2D eigenvalue weighted by Crippen LogP contribution is -2.15. The first-order valence-electron chi connectivity index (χ1n) is 5.67. The van der Waals surface area contributed by atoms with Gasteiger partial charge in [-0.1, -0.05) is 18.5 Å². The molecule has 2 aromatic rings. The van der Waals surface area contributed by atoms with Crippen molar-refractivity contribution >= 4 is 39.8 Å².